The van der Waals surface area contributed by atoms with Gasteiger partial charge in [-0.25, -0.2) is 0 Å². The Bertz CT molecular complexity index is 1760. The van der Waals surface area contributed by atoms with Gasteiger partial charge in [-0.2, -0.15) is 0 Å². The van der Waals surface area contributed by atoms with E-state index in [0.29, 0.717) is 0 Å². The second-order valence-corrected chi connectivity index (χ2v) is 8.39. The molecule has 0 unspecified atom stereocenters. The molecule has 0 radical (unpaired) electrons. The van der Waals surface area contributed by atoms with E-state index in [1.165, 1.54) is 38.4 Å². The molecule has 2 aromatic heterocycles. The van der Waals surface area contributed by atoms with Crippen molar-refractivity contribution in [1.82, 2.24) is 4.98 Å². The Morgan fingerprint density at radius 1 is 0.455 bits per heavy atom. The maximum absolute atomic E-state index is 6.08. The van der Waals surface area contributed by atoms with Gasteiger partial charge in [0, 0.05) is 28.6 Å². The molecule has 7 aromatic rings. The zero-order valence-electron chi connectivity index (χ0n) is 17.8. The fourth-order valence-corrected chi connectivity index (χ4v) is 5.13. The van der Waals surface area contributed by atoms with Gasteiger partial charge in [0.25, 0.3) is 0 Å². The second-order valence-electron chi connectivity index (χ2n) is 8.39. The number of fused-ring (bicyclic) bond motifs is 5. The fraction of sp³-hybridized carbons (Fsp3) is 0. The van der Waals surface area contributed by atoms with Crippen molar-refractivity contribution in [3.63, 3.8) is 0 Å². The predicted octanol–water partition coefficient (Wildman–Crippen LogP) is 8.62. The number of furan rings is 1. The molecule has 0 saturated heterocycles. The van der Waals surface area contributed by atoms with Gasteiger partial charge in [-0.15, -0.1) is 0 Å². The molecule has 2 nitrogen and oxygen atoms in total. The molecule has 0 aliphatic rings. The average Bonchev–Trinajstić information content (AvgIpc) is 3.25. The number of nitrogens with zero attached hydrogens (tertiary/aromatic N) is 1. The van der Waals surface area contributed by atoms with Crippen molar-refractivity contribution in [2.24, 2.45) is 0 Å². The maximum Gasteiger partial charge on any atom is 0.135 e. The van der Waals surface area contributed by atoms with E-state index >= 15 is 0 Å². The van der Waals surface area contributed by atoms with E-state index in [0.717, 1.165) is 27.3 Å². The van der Waals surface area contributed by atoms with Crippen LogP contribution >= 0.6 is 0 Å². The van der Waals surface area contributed by atoms with Crippen molar-refractivity contribution < 1.29 is 4.42 Å². The summed E-state index contributed by atoms with van der Waals surface area (Å²) in [7, 11) is 0. The Labute approximate surface area is 190 Å². The summed E-state index contributed by atoms with van der Waals surface area (Å²) in [4.78, 5) is 4.52. The lowest BCUT2D eigenvalue weighted by molar-refractivity contribution is 0.669. The second kappa shape index (κ2) is 7.04. The monoisotopic (exact) mass is 421 g/mol. The Balaban J connectivity index is 1.63. The summed E-state index contributed by atoms with van der Waals surface area (Å²) >= 11 is 0. The summed E-state index contributed by atoms with van der Waals surface area (Å²) in [6.45, 7) is 0. The van der Waals surface area contributed by atoms with Gasteiger partial charge in [0.2, 0.25) is 0 Å². The topological polar surface area (TPSA) is 26.0 Å². The lowest BCUT2D eigenvalue weighted by atomic mass is 9.86. The Hall–Kier alpha value is -4.43. The predicted molar refractivity (Wildman–Crippen MR) is 137 cm³/mol. The number of rotatable bonds is 2. The summed E-state index contributed by atoms with van der Waals surface area (Å²) in [5.41, 5.74) is 6.67. The third kappa shape index (κ3) is 2.71. The van der Waals surface area contributed by atoms with Crippen LogP contribution in [0.5, 0.6) is 0 Å². The number of benzene rings is 5. The minimum atomic E-state index is 0.910. The lowest BCUT2D eigenvalue weighted by Gasteiger charge is -2.17. The molecule has 0 aliphatic carbocycles. The SMILES string of the molecule is c1ccc(-c2c3ccccc3c(-c3ccc4oc5ccccc5c4c3)c3cnccc23)cc1. The minimum Gasteiger partial charge on any atom is -0.456 e. The highest BCUT2D eigenvalue weighted by molar-refractivity contribution is 6.21. The van der Waals surface area contributed by atoms with Crippen LogP contribution in [0.2, 0.25) is 0 Å². The first-order valence-electron chi connectivity index (χ1n) is 11.1. The van der Waals surface area contributed by atoms with Crippen molar-refractivity contribution in [3.05, 3.63) is 116 Å². The molecular formula is C31H19NO. The molecular weight excluding hydrogens is 402 g/mol. The van der Waals surface area contributed by atoms with Crippen molar-refractivity contribution in [2.45, 2.75) is 0 Å². The van der Waals surface area contributed by atoms with Crippen molar-refractivity contribution >= 4 is 43.5 Å². The van der Waals surface area contributed by atoms with Gasteiger partial charge >= 0.3 is 0 Å². The minimum absolute atomic E-state index is 0.910. The first-order valence-corrected chi connectivity index (χ1v) is 11.1. The molecule has 5 aromatic carbocycles. The van der Waals surface area contributed by atoms with Gasteiger partial charge in [0.05, 0.1) is 0 Å². The van der Waals surface area contributed by atoms with Crippen molar-refractivity contribution in [2.75, 3.05) is 0 Å². The smallest absolute Gasteiger partial charge is 0.135 e. The van der Waals surface area contributed by atoms with Crippen molar-refractivity contribution in [1.29, 1.82) is 0 Å². The highest BCUT2D eigenvalue weighted by atomic mass is 16.3. The first-order chi connectivity index (χ1) is 16.4. The highest BCUT2D eigenvalue weighted by Gasteiger charge is 2.17. The first kappa shape index (κ1) is 18.2. The zero-order valence-corrected chi connectivity index (χ0v) is 17.8. The van der Waals surface area contributed by atoms with Gasteiger partial charge in [-0.05, 0) is 62.7 Å². The van der Waals surface area contributed by atoms with Gasteiger partial charge in [-0.1, -0.05) is 78.9 Å². The molecule has 0 saturated carbocycles. The third-order valence-electron chi connectivity index (χ3n) is 6.55. The van der Waals surface area contributed by atoms with E-state index in [4.69, 9.17) is 4.42 Å². The molecule has 2 heterocycles. The van der Waals surface area contributed by atoms with E-state index in [1.807, 2.05) is 24.5 Å². The number of pyridine rings is 1. The number of hydrogen-bond donors (Lipinski definition) is 0. The van der Waals surface area contributed by atoms with Crippen LogP contribution in [0, 0.1) is 0 Å². The van der Waals surface area contributed by atoms with Gasteiger partial charge in [-0.3, -0.25) is 4.98 Å². The van der Waals surface area contributed by atoms with Crippen LogP contribution in [0.15, 0.2) is 120 Å². The van der Waals surface area contributed by atoms with Crippen LogP contribution in [0.25, 0.3) is 65.7 Å². The molecule has 0 bridgehead atoms. The Morgan fingerprint density at radius 3 is 1.91 bits per heavy atom. The summed E-state index contributed by atoms with van der Waals surface area (Å²) in [5, 5.41) is 7.11. The summed E-state index contributed by atoms with van der Waals surface area (Å²) in [6.07, 6.45) is 3.89. The Kier molecular flexibility index (Phi) is 3.88. The molecule has 0 amide bonds. The van der Waals surface area contributed by atoms with Crippen LogP contribution in [-0.4, -0.2) is 4.98 Å². The molecule has 0 fully saturated rings. The number of para-hydroxylation sites is 1. The molecule has 2 heteroatoms. The molecule has 33 heavy (non-hydrogen) atoms. The van der Waals surface area contributed by atoms with E-state index in [-0.39, 0.29) is 0 Å². The molecule has 7 rings (SSSR count). The van der Waals surface area contributed by atoms with Gasteiger partial charge in [0.1, 0.15) is 11.2 Å². The van der Waals surface area contributed by atoms with E-state index in [2.05, 4.69) is 96.0 Å². The summed E-state index contributed by atoms with van der Waals surface area (Å²) < 4.78 is 6.08. The van der Waals surface area contributed by atoms with Crippen LogP contribution in [0.4, 0.5) is 0 Å². The number of aromatic nitrogens is 1. The average molecular weight is 421 g/mol. The van der Waals surface area contributed by atoms with Crippen LogP contribution in [0.3, 0.4) is 0 Å². The fourth-order valence-electron chi connectivity index (χ4n) is 5.13. The summed E-state index contributed by atoms with van der Waals surface area (Å²) in [6, 6.07) is 36.2. The number of hydrogen-bond acceptors (Lipinski definition) is 2. The maximum atomic E-state index is 6.08. The van der Waals surface area contributed by atoms with E-state index in [9.17, 15) is 0 Å². The molecule has 0 N–H and O–H groups in total. The van der Waals surface area contributed by atoms with Crippen molar-refractivity contribution in [3.8, 4) is 22.3 Å². The van der Waals surface area contributed by atoms with Gasteiger partial charge in [0.15, 0.2) is 0 Å². The molecule has 0 aliphatic heterocycles. The summed E-state index contributed by atoms with van der Waals surface area (Å²) in [5.74, 6) is 0. The zero-order chi connectivity index (χ0) is 21.8. The third-order valence-corrected chi connectivity index (χ3v) is 6.55. The molecule has 0 spiro atoms. The molecule has 154 valence electrons. The van der Waals surface area contributed by atoms with E-state index < -0.39 is 0 Å². The largest absolute Gasteiger partial charge is 0.456 e. The van der Waals surface area contributed by atoms with Crippen LogP contribution in [-0.2, 0) is 0 Å². The molecule has 0 atom stereocenters. The van der Waals surface area contributed by atoms with Crippen LogP contribution in [0.1, 0.15) is 0 Å². The van der Waals surface area contributed by atoms with E-state index in [1.54, 1.807) is 0 Å². The van der Waals surface area contributed by atoms with Crippen LogP contribution < -0.4 is 0 Å². The normalized spacial score (nSPS) is 11.6. The Morgan fingerprint density at radius 2 is 1.09 bits per heavy atom. The quantitative estimate of drug-likeness (QED) is 0.261. The standard InChI is InChI=1S/C31H19NO/c1-2-8-20(9-3-1)30-23-11-4-5-12-24(23)31(27-19-32-17-16-25(27)30)21-14-15-29-26(18-21)22-10-6-7-13-28(22)33-29/h1-19H. The highest BCUT2D eigenvalue weighted by Crippen LogP contribution is 2.44. The van der Waals surface area contributed by atoms with Gasteiger partial charge < -0.3 is 4.42 Å². The lowest BCUT2D eigenvalue weighted by Crippen LogP contribution is -1.91.